The molecule has 2 saturated heterocycles. The molecule has 7 atom stereocenters. The number of ether oxygens (including phenoxy) is 3. The summed E-state index contributed by atoms with van der Waals surface area (Å²) in [5.74, 6) is -0.989. The van der Waals surface area contributed by atoms with Crippen LogP contribution < -0.4 is 16.4 Å². The number of amides is 2. The average molecular weight is 628 g/mol. The molecule has 2 unspecified atom stereocenters. The summed E-state index contributed by atoms with van der Waals surface area (Å²) in [5.41, 5.74) is 8.15. The van der Waals surface area contributed by atoms with E-state index in [1.165, 1.54) is 0 Å². The van der Waals surface area contributed by atoms with Crippen molar-refractivity contribution in [2.75, 3.05) is 19.8 Å². The Kier molecular flexibility index (Phi) is 9.67. The Labute approximate surface area is 268 Å². The summed E-state index contributed by atoms with van der Waals surface area (Å²) >= 11 is 0. The first-order valence-electron chi connectivity index (χ1n) is 16.0. The normalized spacial score (nSPS) is 26.7. The standard InChI is InChI=1S/C36H41N3O7/c37-34(42)46-31-18-25-13-7-8-14-27(25)32(31)28-21-38-36(33(28)41,19-24-11-5-2-6-12-24)20-30(40)29(17-23-9-3-1-4-10-23)39-35(43)45-26-15-16-44-22-26/h1-14,26,28-32,38,40H,15-22H2,(H2,37,42)(H,39,43)/t26?,28?,29-,30-,31+,32+,36-/m0/s1. The molecule has 3 aromatic carbocycles. The lowest BCUT2D eigenvalue weighted by Crippen LogP contribution is -2.55. The van der Waals surface area contributed by atoms with E-state index in [0.717, 1.165) is 22.3 Å². The highest BCUT2D eigenvalue weighted by Gasteiger charge is 2.54. The molecule has 1 aliphatic carbocycles. The van der Waals surface area contributed by atoms with Crippen molar-refractivity contribution in [1.82, 2.24) is 10.6 Å². The first kappa shape index (κ1) is 31.7. The zero-order valence-corrected chi connectivity index (χ0v) is 25.7. The van der Waals surface area contributed by atoms with Crippen molar-refractivity contribution in [1.29, 1.82) is 0 Å². The molecule has 46 heavy (non-hydrogen) atoms. The molecule has 5 N–H and O–H groups in total. The maximum Gasteiger partial charge on any atom is 0.407 e. The Balaban J connectivity index is 1.29. The van der Waals surface area contributed by atoms with Crippen molar-refractivity contribution in [3.8, 4) is 0 Å². The molecule has 3 aromatic rings. The van der Waals surface area contributed by atoms with Gasteiger partial charge in [-0.2, -0.15) is 0 Å². The fourth-order valence-electron chi connectivity index (χ4n) is 7.39. The van der Waals surface area contributed by atoms with Gasteiger partial charge in [-0.25, -0.2) is 9.59 Å². The summed E-state index contributed by atoms with van der Waals surface area (Å²) in [7, 11) is 0. The summed E-state index contributed by atoms with van der Waals surface area (Å²) in [4.78, 5) is 39.7. The highest BCUT2D eigenvalue weighted by Crippen LogP contribution is 2.45. The largest absolute Gasteiger partial charge is 0.445 e. The van der Waals surface area contributed by atoms with E-state index in [-0.39, 0.29) is 24.2 Å². The number of aliphatic hydroxyl groups excluding tert-OH is 1. The Bertz CT molecular complexity index is 1510. The molecule has 10 heteroatoms. The summed E-state index contributed by atoms with van der Waals surface area (Å²) in [5, 5.41) is 18.3. The van der Waals surface area contributed by atoms with E-state index in [4.69, 9.17) is 19.9 Å². The van der Waals surface area contributed by atoms with Crippen LogP contribution in [0.4, 0.5) is 9.59 Å². The number of carbonyl (C=O) groups is 3. The van der Waals surface area contributed by atoms with Gasteiger partial charge in [0, 0.05) is 37.6 Å². The van der Waals surface area contributed by atoms with Gasteiger partial charge < -0.3 is 35.7 Å². The molecule has 0 saturated carbocycles. The number of carbonyl (C=O) groups excluding carboxylic acids is 3. The van der Waals surface area contributed by atoms with Gasteiger partial charge >= 0.3 is 12.2 Å². The second kappa shape index (κ2) is 14.0. The van der Waals surface area contributed by atoms with Crippen LogP contribution in [0.3, 0.4) is 0 Å². The molecule has 0 radical (unpaired) electrons. The van der Waals surface area contributed by atoms with Crippen molar-refractivity contribution in [3.63, 3.8) is 0 Å². The van der Waals surface area contributed by atoms with Gasteiger partial charge in [0.25, 0.3) is 0 Å². The van der Waals surface area contributed by atoms with E-state index in [1.807, 2.05) is 84.9 Å². The molecule has 0 spiro atoms. The molecule has 2 heterocycles. The van der Waals surface area contributed by atoms with Crippen LogP contribution in [0.15, 0.2) is 84.9 Å². The molecule has 3 aliphatic rings. The molecule has 0 aromatic heterocycles. The molecule has 2 aliphatic heterocycles. The lowest BCUT2D eigenvalue weighted by atomic mass is 9.75. The van der Waals surface area contributed by atoms with Gasteiger partial charge in [0.1, 0.15) is 12.2 Å². The number of benzene rings is 3. The minimum Gasteiger partial charge on any atom is -0.445 e. The van der Waals surface area contributed by atoms with Crippen molar-refractivity contribution < 1.29 is 33.7 Å². The fourth-order valence-corrected chi connectivity index (χ4v) is 7.39. The third kappa shape index (κ3) is 7.09. The number of hydrogen-bond acceptors (Lipinski definition) is 8. The lowest BCUT2D eigenvalue weighted by molar-refractivity contribution is -0.128. The summed E-state index contributed by atoms with van der Waals surface area (Å²) in [6.07, 6.45) is -1.75. The minimum absolute atomic E-state index is 0.0389. The quantitative estimate of drug-likeness (QED) is 0.253. The third-order valence-electron chi connectivity index (χ3n) is 9.54. The number of rotatable bonds is 11. The SMILES string of the molecule is NC(=O)O[C@@H]1Cc2ccccc2[C@@H]1C1CN[C@@](Cc2ccccc2)(C[C@H](O)[C@H](Cc2ccccc2)NC(=O)OC2CCOC2)C1=O. The lowest BCUT2D eigenvalue weighted by Gasteiger charge is -2.35. The Hall–Kier alpha value is -4.25. The Morgan fingerprint density at radius 1 is 1.00 bits per heavy atom. The predicted molar refractivity (Wildman–Crippen MR) is 170 cm³/mol. The van der Waals surface area contributed by atoms with E-state index >= 15 is 0 Å². The number of alkyl carbamates (subject to hydrolysis) is 1. The molecule has 2 fully saturated rings. The number of hydrogen-bond donors (Lipinski definition) is 4. The van der Waals surface area contributed by atoms with Crippen molar-refractivity contribution >= 4 is 18.0 Å². The number of Topliss-reactive ketones (excluding diaryl/α,β-unsaturated/α-hetero) is 1. The number of primary amides is 1. The van der Waals surface area contributed by atoms with Gasteiger partial charge in [-0.15, -0.1) is 0 Å². The summed E-state index contributed by atoms with van der Waals surface area (Å²) in [6.45, 7) is 1.20. The van der Waals surface area contributed by atoms with Gasteiger partial charge in [0.2, 0.25) is 0 Å². The highest BCUT2D eigenvalue weighted by atomic mass is 16.6. The number of nitrogens with one attached hydrogen (secondary N) is 2. The molecule has 242 valence electrons. The molecular weight excluding hydrogens is 586 g/mol. The average Bonchev–Trinajstić information content (AvgIpc) is 3.76. The third-order valence-corrected chi connectivity index (χ3v) is 9.54. The number of aliphatic hydroxyl groups is 1. The van der Waals surface area contributed by atoms with Crippen LogP contribution in [0.5, 0.6) is 0 Å². The van der Waals surface area contributed by atoms with Crippen molar-refractivity contribution in [2.24, 2.45) is 11.7 Å². The maximum absolute atomic E-state index is 14.8. The van der Waals surface area contributed by atoms with E-state index in [1.54, 1.807) is 0 Å². The smallest absolute Gasteiger partial charge is 0.407 e. The van der Waals surface area contributed by atoms with Crippen LogP contribution in [-0.2, 0) is 38.3 Å². The van der Waals surface area contributed by atoms with Crippen molar-refractivity contribution in [3.05, 3.63) is 107 Å². The van der Waals surface area contributed by atoms with Crippen LogP contribution in [0.25, 0.3) is 0 Å². The van der Waals surface area contributed by atoms with E-state index in [9.17, 15) is 19.5 Å². The second-order valence-corrected chi connectivity index (χ2v) is 12.6. The van der Waals surface area contributed by atoms with E-state index in [2.05, 4.69) is 10.6 Å². The van der Waals surface area contributed by atoms with Gasteiger partial charge in [-0.1, -0.05) is 84.9 Å². The van der Waals surface area contributed by atoms with Gasteiger partial charge in [-0.3, -0.25) is 4.79 Å². The van der Waals surface area contributed by atoms with Crippen LogP contribution in [0, 0.1) is 5.92 Å². The molecule has 0 bridgehead atoms. The molecular formula is C36H41N3O7. The maximum atomic E-state index is 14.8. The monoisotopic (exact) mass is 627 g/mol. The topological polar surface area (TPSA) is 149 Å². The zero-order valence-electron chi connectivity index (χ0n) is 25.7. The van der Waals surface area contributed by atoms with Gasteiger partial charge in [-0.05, 0) is 35.1 Å². The fraction of sp³-hybridized carbons (Fsp3) is 0.417. The predicted octanol–water partition coefficient (Wildman–Crippen LogP) is 3.44. The van der Waals surface area contributed by atoms with Gasteiger partial charge in [0.05, 0.1) is 30.9 Å². The van der Waals surface area contributed by atoms with Crippen LogP contribution >= 0.6 is 0 Å². The molecule has 10 nitrogen and oxygen atoms in total. The van der Waals surface area contributed by atoms with Crippen LogP contribution in [0.1, 0.15) is 41.0 Å². The number of ketones is 1. The molecule has 6 rings (SSSR count). The first-order valence-corrected chi connectivity index (χ1v) is 16.0. The summed E-state index contributed by atoms with van der Waals surface area (Å²) in [6, 6.07) is 26.3. The number of nitrogens with two attached hydrogens (primary N) is 1. The van der Waals surface area contributed by atoms with Crippen LogP contribution in [0.2, 0.25) is 0 Å². The van der Waals surface area contributed by atoms with Crippen LogP contribution in [-0.4, -0.2) is 72.7 Å². The van der Waals surface area contributed by atoms with E-state index in [0.29, 0.717) is 45.4 Å². The first-order chi connectivity index (χ1) is 22.3. The second-order valence-electron chi connectivity index (χ2n) is 12.6. The summed E-state index contributed by atoms with van der Waals surface area (Å²) < 4.78 is 16.5. The number of fused-ring (bicyclic) bond motifs is 1. The van der Waals surface area contributed by atoms with Gasteiger partial charge in [0.15, 0.2) is 5.78 Å². The Morgan fingerprint density at radius 3 is 2.39 bits per heavy atom. The zero-order chi connectivity index (χ0) is 32.1. The highest BCUT2D eigenvalue weighted by molar-refractivity contribution is 5.94. The Morgan fingerprint density at radius 2 is 1.70 bits per heavy atom. The van der Waals surface area contributed by atoms with Crippen molar-refractivity contribution in [2.45, 2.75) is 67.9 Å². The van der Waals surface area contributed by atoms with E-state index < -0.39 is 41.9 Å². The minimum atomic E-state index is -1.15. The molecule has 2 amide bonds.